The van der Waals surface area contributed by atoms with E-state index in [2.05, 4.69) is 10.6 Å². The second kappa shape index (κ2) is 7.50. The number of hydrogen-bond donors (Lipinski definition) is 2. The van der Waals surface area contributed by atoms with Crippen molar-refractivity contribution in [2.24, 2.45) is 0 Å². The van der Waals surface area contributed by atoms with E-state index in [9.17, 15) is 13.6 Å². The predicted molar refractivity (Wildman–Crippen MR) is 76.4 cm³/mol. The molecule has 5 heteroatoms. The number of carbonyl (C=O) groups excluding carboxylic acids is 1. The van der Waals surface area contributed by atoms with Gasteiger partial charge in [0.2, 0.25) is 5.91 Å². The molecule has 2 rings (SSSR count). The average Bonchev–Trinajstić information content (AvgIpc) is 2.50. The molecule has 2 aromatic carbocycles. The highest BCUT2D eigenvalue weighted by Gasteiger charge is 2.07. The summed E-state index contributed by atoms with van der Waals surface area (Å²) in [4.78, 5) is 11.6. The van der Waals surface area contributed by atoms with Gasteiger partial charge in [-0.2, -0.15) is 0 Å². The Hall–Kier alpha value is -2.27. The van der Waals surface area contributed by atoms with E-state index in [4.69, 9.17) is 0 Å². The second-order valence-electron chi connectivity index (χ2n) is 4.58. The molecule has 0 heterocycles. The fraction of sp³-hybridized carbons (Fsp3) is 0.188. The van der Waals surface area contributed by atoms with Crippen molar-refractivity contribution >= 4 is 5.91 Å². The Labute approximate surface area is 122 Å². The second-order valence-corrected chi connectivity index (χ2v) is 4.58. The molecule has 0 unspecified atom stereocenters. The normalized spacial score (nSPS) is 10.4. The van der Waals surface area contributed by atoms with Gasteiger partial charge >= 0.3 is 0 Å². The molecule has 0 radical (unpaired) electrons. The van der Waals surface area contributed by atoms with Crippen LogP contribution in [0.1, 0.15) is 11.1 Å². The summed E-state index contributed by atoms with van der Waals surface area (Å²) < 4.78 is 26.4. The Bertz CT molecular complexity index is 602. The molecule has 2 aromatic rings. The average molecular weight is 290 g/mol. The summed E-state index contributed by atoms with van der Waals surface area (Å²) >= 11 is 0. The molecule has 0 fully saturated rings. The van der Waals surface area contributed by atoms with Crippen molar-refractivity contribution in [3.63, 3.8) is 0 Å². The summed E-state index contributed by atoms with van der Waals surface area (Å²) in [5.74, 6) is -1.96. The molecule has 0 aliphatic heterocycles. The summed E-state index contributed by atoms with van der Waals surface area (Å²) in [6.07, 6.45) is 0. The third kappa shape index (κ3) is 4.65. The molecule has 21 heavy (non-hydrogen) atoms. The summed E-state index contributed by atoms with van der Waals surface area (Å²) in [6, 6.07) is 13.5. The molecule has 1 amide bonds. The van der Waals surface area contributed by atoms with Gasteiger partial charge in [-0.1, -0.05) is 42.5 Å². The number of halogens is 2. The van der Waals surface area contributed by atoms with Crippen LogP contribution >= 0.6 is 0 Å². The van der Waals surface area contributed by atoms with Crippen LogP contribution in [0, 0.1) is 11.6 Å². The van der Waals surface area contributed by atoms with E-state index >= 15 is 0 Å². The largest absolute Gasteiger partial charge is 0.351 e. The Morgan fingerprint density at radius 3 is 2.48 bits per heavy atom. The number of rotatable bonds is 6. The molecule has 0 atom stereocenters. The first-order valence-corrected chi connectivity index (χ1v) is 6.61. The third-order valence-corrected chi connectivity index (χ3v) is 2.97. The Morgan fingerprint density at radius 2 is 1.71 bits per heavy atom. The molecule has 0 aromatic heterocycles. The maximum absolute atomic E-state index is 13.4. The van der Waals surface area contributed by atoms with Gasteiger partial charge in [-0.05, 0) is 11.6 Å². The van der Waals surface area contributed by atoms with Crippen LogP contribution < -0.4 is 10.6 Å². The van der Waals surface area contributed by atoms with Gasteiger partial charge in [0.25, 0.3) is 0 Å². The van der Waals surface area contributed by atoms with Gasteiger partial charge < -0.3 is 10.6 Å². The van der Waals surface area contributed by atoms with E-state index in [1.807, 2.05) is 30.3 Å². The molecule has 0 saturated heterocycles. The van der Waals surface area contributed by atoms with Crippen molar-refractivity contribution in [1.29, 1.82) is 0 Å². The van der Waals surface area contributed by atoms with Crippen molar-refractivity contribution in [2.75, 3.05) is 6.54 Å². The highest BCUT2D eigenvalue weighted by atomic mass is 19.2. The Kier molecular flexibility index (Phi) is 5.40. The summed E-state index contributed by atoms with van der Waals surface area (Å²) in [5, 5.41) is 5.53. The smallest absolute Gasteiger partial charge is 0.234 e. The molecular formula is C16H16F2N2O. The van der Waals surface area contributed by atoms with Crippen LogP contribution in [0.5, 0.6) is 0 Å². The van der Waals surface area contributed by atoms with Crippen molar-refractivity contribution in [1.82, 2.24) is 10.6 Å². The minimum Gasteiger partial charge on any atom is -0.351 e. The minimum atomic E-state index is -0.886. The molecule has 110 valence electrons. The van der Waals surface area contributed by atoms with Crippen LogP contribution in [-0.4, -0.2) is 12.5 Å². The van der Waals surface area contributed by atoms with Crippen molar-refractivity contribution in [3.8, 4) is 0 Å². The lowest BCUT2D eigenvalue weighted by Gasteiger charge is -2.08. The lowest BCUT2D eigenvalue weighted by molar-refractivity contribution is -0.120. The first-order chi connectivity index (χ1) is 10.2. The van der Waals surface area contributed by atoms with Gasteiger partial charge in [0.15, 0.2) is 11.6 Å². The van der Waals surface area contributed by atoms with Crippen LogP contribution in [-0.2, 0) is 17.9 Å². The van der Waals surface area contributed by atoms with E-state index in [1.165, 1.54) is 12.1 Å². The number of hydrogen-bond acceptors (Lipinski definition) is 2. The van der Waals surface area contributed by atoms with E-state index in [0.29, 0.717) is 6.54 Å². The molecule has 0 bridgehead atoms. The van der Waals surface area contributed by atoms with E-state index in [1.54, 1.807) is 0 Å². The maximum Gasteiger partial charge on any atom is 0.234 e. The summed E-state index contributed by atoms with van der Waals surface area (Å²) in [6.45, 7) is 0.584. The van der Waals surface area contributed by atoms with E-state index < -0.39 is 11.6 Å². The van der Waals surface area contributed by atoms with Gasteiger partial charge in [-0.15, -0.1) is 0 Å². The van der Waals surface area contributed by atoms with Crippen LogP contribution in [0.3, 0.4) is 0 Å². The number of amides is 1. The third-order valence-electron chi connectivity index (χ3n) is 2.97. The van der Waals surface area contributed by atoms with Gasteiger partial charge in [-0.25, -0.2) is 8.78 Å². The van der Waals surface area contributed by atoms with Crippen LogP contribution in [0.25, 0.3) is 0 Å². The molecule has 0 aliphatic rings. The fourth-order valence-electron chi connectivity index (χ4n) is 1.85. The first-order valence-electron chi connectivity index (χ1n) is 6.61. The topological polar surface area (TPSA) is 41.1 Å². The molecule has 0 aliphatic carbocycles. The van der Waals surface area contributed by atoms with Crippen molar-refractivity contribution < 1.29 is 13.6 Å². The predicted octanol–water partition coefficient (Wildman–Crippen LogP) is 2.37. The van der Waals surface area contributed by atoms with Crippen LogP contribution in [0.15, 0.2) is 48.5 Å². The van der Waals surface area contributed by atoms with Gasteiger partial charge in [0.1, 0.15) is 0 Å². The molecular weight excluding hydrogens is 274 g/mol. The lowest BCUT2D eigenvalue weighted by atomic mass is 10.2. The fourth-order valence-corrected chi connectivity index (χ4v) is 1.85. The molecule has 0 saturated carbocycles. The van der Waals surface area contributed by atoms with Crippen molar-refractivity contribution in [2.45, 2.75) is 13.1 Å². The standard InChI is InChI=1S/C16H16F2N2O/c17-14-8-4-7-13(16(14)18)10-19-11-15(21)20-9-12-5-2-1-3-6-12/h1-8,19H,9-11H2,(H,20,21). The Balaban J connectivity index is 1.73. The Morgan fingerprint density at radius 1 is 0.952 bits per heavy atom. The molecule has 2 N–H and O–H groups in total. The summed E-state index contributed by atoms with van der Waals surface area (Å²) in [7, 11) is 0. The molecule has 3 nitrogen and oxygen atoms in total. The van der Waals surface area contributed by atoms with Crippen LogP contribution in [0.2, 0.25) is 0 Å². The summed E-state index contributed by atoms with van der Waals surface area (Å²) in [5.41, 5.74) is 1.20. The van der Waals surface area contributed by atoms with Crippen LogP contribution in [0.4, 0.5) is 8.78 Å². The monoisotopic (exact) mass is 290 g/mol. The van der Waals surface area contributed by atoms with E-state index in [0.717, 1.165) is 11.6 Å². The number of carbonyl (C=O) groups is 1. The number of benzene rings is 2. The zero-order chi connectivity index (χ0) is 15.1. The highest BCUT2D eigenvalue weighted by molar-refractivity contribution is 5.77. The highest BCUT2D eigenvalue weighted by Crippen LogP contribution is 2.10. The van der Waals surface area contributed by atoms with E-state index in [-0.39, 0.29) is 24.6 Å². The zero-order valence-corrected chi connectivity index (χ0v) is 11.4. The van der Waals surface area contributed by atoms with Gasteiger partial charge in [0.05, 0.1) is 6.54 Å². The first kappa shape index (κ1) is 15.1. The lowest BCUT2D eigenvalue weighted by Crippen LogP contribution is -2.33. The zero-order valence-electron chi connectivity index (χ0n) is 11.4. The maximum atomic E-state index is 13.4. The quantitative estimate of drug-likeness (QED) is 0.857. The minimum absolute atomic E-state index is 0.0444. The number of nitrogens with one attached hydrogen (secondary N) is 2. The van der Waals surface area contributed by atoms with Crippen molar-refractivity contribution in [3.05, 3.63) is 71.3 Å². The SMILES string of the molecule is O=C(CNCc1cccc(F)c1F)NCc1ccccc1. The molecule has 0 spiro atoms. The van der Waals surface area contributed by atoms with Gasteiger partial charge in [0, 0.05) is 18.7 Å². The van der Waals surface area contributed by atoms with Gasteiger partial charge in [-0.3, -0.25) is 4.79 Å².